The molecule has 0 N–H and O–H groups in total. The molecule has 0 atom stereocenters. The summed E-state index contributed by atoms with van der Waals surface area (Å²) in [4.78, 5) is 0. The molecular weight excluding hydrogens is 317 g/mol. The molecule has 0 bridgehead atoms. The zero-order valence-electron chi connectivity index (χ0n) is 14.7. The number of hydrogen-bond acceptors (Lipinski definition) is 4. The van der Waals surface area contributed by atoms with Crippen LogP contribution in [0.4, 0.5) is 8.78 Å². The van der Waals surface area contributed by atoms with Crippen molar-refractivity contribution in [1.29, 1.82) is 0 Å². The highest BCUT2D eigenvalue weighted by Crippen LogP contribution is 2.37. The molecule has 1 aliphatic rings. The van der Waals surface area contributed by atoms with E-state index < -0.39 is 24.4 Å². The highest BCUT2D eigenvalue weighted by atomic mass is 19.3. The minimum Gasteiger partial charge on any atom is -0.468 e. The molecule has 1 saturated heterocycles. The van der Waals surface area contributed by atoms with E-state index >= 15 is 0 Å². The number of ether oxygens (including phenoxy) is 2. The van der Waals surface area contributed by atoms with Gasteiger partial charge in [-0.25, -0.2) is 0 Å². The quantitative estimate of drug-likeness (QED) is 0.451. The molecule has 2 rings (SSSR count). The smallest absolute Gasteiger partial charge is 0.468 e. The first kappa shape index (κ1) is 18.9. The van der Waals surface area contributed by atoms with Gasteiger partial charge in [0.25, 0.3) is 6.08 Å². The molecule has 0 saturated carbocycles. The van der Waals surface area contributed by atoms with Gasteiger partial charge in [0.05, 0.1) is 11.2 Å². The van der Waals surface area contributed by atoms with Crippen LogP contribution in [0.2, 0.25) is 0 Å². The summed E-state index contributed by atoms with van der Waals surface area (Å²) in [5.41, 5.74) is -0.0248. The van der Waals surface area contributed by atoms with Crippen molar-refractivity contribution < 1.29 is 27.6 Å². The van der Waals surface area contributed by atoms with Crippen LogP contribution in [-0.4, -0.2) is 31.7 Å². The van der Waals surface area contributed by atoms with Crippen molar-refractivity contribution in [3.05, 3.63) is 29.8 Å². The largest absolute Gasteiger partial charge is 0.498 e. The highest BCUT2D eigenvalue weighted by molar-refractivity contribution is 6.63. The molecule has 0 amide bonds. The van der Waals surface area contributed by atoms with Crippen LogP contribution in [0.15, 0.2) is 24.3 Å². The van der Waals surface area contributed by atoms with Crippen LogP contribution in [-0.2, 0) is 14.0 Å². The van der Waals surface area contributed by atoms with Crippen molar-refractivity contribution in [3.63, 3.8) is 0 Å². The molecule has 7 heteroatoms. The van der Waals surface area contributed by atoms with Crippen molar-refractivity contribution in [1.82, 2.24) is 0 Å². The topological polar surface area (TPSA) is 36.9 Å². The van der Waals surface area contributed by atoms with Gasteiger partial charge in [0, 0.05) is 18.1 Å². The summed E-state index contributed by atoms with van der Waals surface area (Å²) in [6.07, 6.45) is -0.990. The third-order valence-corrected chi connectivity index (χ3v) is 4.32. The van der Waals surface area contributed by atoms with Gasteiger partial charge in [-0.15, -0.1) is 0 Å². The van der Waals surface area contributed by atoms with Crippen molar-refractivity contribution in [2.24, 2.45) is 0 Å². The van der Waals surface area contributed by atoms with Crippen LogP contribution in [0.5, 0.6) is 5.75 Å². The second kappa shape index (κ2) is 7.21. The average molecular weight is 340 g/mol. The van der Waals surface area contributed by atoms with Gasteiger partial charge in [0.15, 0.2) is 6.79 Å². The summed E-state index contributed by atoms with van der Waals surface area (Å²) in [5, 5.41) is 0. The zero-order valence-corrected chi connectivity index (χ0v) is 14.7. The van der Waals surface area contributed by atoms with Crippen molar-refractivity contribution in [3.8, 4) is 5.75 Å². The first-order valence-electron chi connectivity index (χ1n) is 7.89. The predicted molar refractivity (Wildman–Crippen MR) is 89.5 cm³/mol. The van der Waals surface area contributed by atoms with Gasteiger partial charge in [0.2, 0.25) is 0 Å². The lowest BCUT2D eigenvalue weighted by Gasteiger charge is -2.32. The predicted octanol–water partition coefficient (Wildman–Crippen LogP) is 3.60. The molecule has 1 heterocycles. The summed E-state index contributed by atoms with van der Waals surface area (Å²) in [6.45, 7) is 10.1. The Kier molecular flexibility index (Phi) is 5.68. The standard InChI is InChI=1S/C17H23BF2O4/c1-6-21-11-22-14-9-12(10-15(19)20)7-8-13(14)18-23-16(2,3)17(4,5)24-18/h7-10H,6,11H2,1-5H3. The first-order valence-corrected chi connectivity index (χ1v) is 7.89. The zero-order chi connectivity index (χ0) is 18.0. The SMILES string of the molecule is CCOCOc1cc(C=C(F)F)ccc1B1OC(C)(C)C(C)(C)O1. The maximum absolute atomic E-state index is 12.5. The van der Waals surface area contributed by atoms with E-state index in [1.165, 1.54) is 6.07 Å². The Morgan fingerprint density at radius 2 is 1.79 bits per heavy atom. The van der Waals surface area contributed by atoms with Crippen LogP contribution < -0.4 is 10.2 Å². The van der Waals surface area contributed by atoms with Crippen molar-refractivity contribution in [2.45, 2.75) is 45.8 Å². The van der Waals surface area contributed by atoms with Crippen LogP contribution in [0.1, 0.15) is 40.2 Å². The third kappa shape index (κ3) is 4.15. The fourth-order valence-corrected chi connectivity index (χ4v) is 2.24. The van der Waals surface area contributed by atoms with Crippen molar-refractivity contribution in [2.75, 3.05) is 13.4 Å². The third-order valence-electron chi connectivity index (χ3n) is 4.32. The molecule has 1 fully saturated rings. The van der Waals surface area contributed by atoms with Gasteiger partial charge < -0.3 is 18.8 Å². The van der Waals surface area contributed by atoms with E-state index in [0.29, 0.717) is 23.4 Å². The Balaban J connectivity index is 2.33. The summed E-state index contributed by atoms with van der Waals surface area (Å²) in [5.74, 6) is 0.400. The molecule has 0 spiro atoms. The second-order valence-electron chi connectivity index (χ2n) is 6.57. The van der Waals surface area contributed by atoms with E-state index in [0.717, 1.165) is 6.08 Å². The summed E-state index contributed by atoms with van der Waals surface area (Å²) in [7, 11) is -0.639. The lowest BCUT2D eigenvalue weighted by atomic mass is 9.78. The van der Waals surface area contributed by atoms with Gasteiger partial charge in [-0.1, -0.05) is 12.1 Å². The molecule has 1 aromatic rings. The highest BCUT2D eigenvalue weighted by Gasteiger charge is 2.52. The second-order valence-corrected chi connectivity index (χ2v) is 6.57. The summed E-state index contributed by atoms with van der Waals surface area (Å²) < 4.78 is 47.8. The van der Waals surface area contributed by atoms with E-state index in [4.69, 9.17) is 18.8 Å². The number of halogens is 2. The normalized spacial score (nSPS) is 18.5. The van der Waals surface area contributed by atoms with E-state index in [1.807, 2.05) is 34.6 Å². The average Bonchev–Trinajstić information content (AvgIpc) is 2.67. The molecular formula is C17H23BF2O4. The van der Waals surface area contributed by atoms with Crippen LogP contribution in [0.3, 0.4) is 0 Å². The fraction of sp³-hybridized carbons (Fsp3) is 0.529. The number of rotatable bonds is 6. The monoisotopic (exact) mass is 340 g/mol. The fourth-order valence-electron chi connectivity index (χ4n) is 2.24. The van der Waals surface area contributed by atoms with Gasteiger partial charge in [-0.05, 0) is 46.2 Å². The summed E-state index contributed by atoms with van der Waals surface area (Å²) in [6, 6.07) is 4.78. The van der Waals surface area contributed by atoms with Gasteiger partial charge in [0.1, 0.15) is 5.75 Å². The van der Waals surface area contributed by atoms with Gasteiger partial charge in [-0.3, -0.25) is 0 Å². The van der Waals surface area contributed by atoms with E-state index in [-0.39, 0.29) is 6.79 Å². The molecule has 0 unspecified atom stereocenters. The maximum Gasteiger partial charge on any atom is 0.498 e. The molecule has 24 heavy (non-hydrogen) atoms. The lowest BCUT2D eigenvalue weighted by Crippen LogP contribution is -2.41. The lowest BCUT2D eigenvalue weighted by molar-refractivity contribution is 0.00578. The van der Waals surface area contributed by atoms with Crippen LogP contribution in [0.25, 0.3) is 6.08 Å². The molecule has 0 radical (unpaired) electrons. The Hall–Kier alpha value is -1.44. The Morgan fingerprint density at radius 3 is 2.33 bits per heavy atom. The molecule has 132 valence electrons. The first-order chi connectivity index (χ1) is 11.2. The molecule has 0 aliphatic carbocycles. The molecule has 4 nitrogen and oxygen atoms in total. The van der Waals surface area contributed by atoms with Crippen LogP contribution >= 0.6 is 0 Å². The maximum atomic E-state index is 12.5. The molecule has 1 aliphatic heterocycles. The number of benzene rings is 1. The number of hydrogen-bond donors (Lipinski definition) is 0. The van der Waals surface area contributed by atoms with E-state index in [1.54, 1.807) is 12.1 Å². The van der Waals surface area contributed by atoms with Crippen molar-refractivity contribution >= 4 is 18.7 Å². The Morgan fingerprint density at radius 1 is 1.17 bits per heavy atom. The summed E-state index contributed by atoms with van der Waals surface area (Å²) >= 11 is 0. The van der Waals surface area contributed by atoms with E-state index in [9.17, 15) is 8.78 Å². The minimum atomic E-state index is -1.77. The van der Waals surface area contributed by atoms with Gasteiger partial charge >= 0.3 is 7.12 Å². The molecule has 0 aromatic heterocycles. The minimum absolute atomic E-state index is 0.0221. The Labute approximate surface area is 141 Å². The van der Waals surface area contributed by atoms with E-state index in [2.05, 4.69) is 0 Å². The van der Waals surface area contributed by atoms with Crippen LogP contribution in [0, 0.1) is 0 Å². The molecule has 1 aromatic carbocycles. The Bertz CT molecular complexity index is 597. The van der Waals surface area contributed by atoms with Gasteiger partial charge in [-0.2, -0.15) is 8.78 Å².